The van der Waals surface area contributed by atoms with E-state index < -0.39 is 11.9 Å². The van der Waals surface area contributed by atoms with Crippen molar-refractivity contribution in [2.24, 2.45) is 5.73 Å². The Bertz CT molecular complexity index is 1670. The summed E-state index contributed by atoms with van der Waals surface area (Å²) in [4.78, 5) is 28.2. The van der Waals surface area contributed by atoms with Crippen LogP contribution < -0.4 is 16.0 Å². The zero-order valence-corrected chi connectivity index (χ0v) is 21.9. The number of aryl methyl sites for hydroxylation is 1. The number of amides is 1. The summed E-state index contributed by atoms with van der Waals surface area (Å²) >= 11 is 0. The first-order valence-electron chi connectivity index (χ1n) is 13.2. The van der Waals surface area contributed by atoms with Gasteiger partial charge < -0.3 is 26.0 Å². The van der Waals surface area contributed by atoms with Gasteiger partial charge in [0.1, 0.15) is 11.6 Å². The Hall–Kier alpha value is -4.76. The zero-order chi connectivity index (χ0) is 27.8. The van der Waals surface area contributed by atoms with E-state index in [1.807, 2.05) is 43.3 Å². The monoisotopic (exact) mass is 536 g/mol. The Morgan fingerprint density at radius 2 is 1.93 bits per heavy atom. The van der Waals surface area contributed by atoms with E-state index in [1.165, 1.54) is 18.2 Å². The number of hydrogen-bond acceptors (Lipinski definition) is 6. The van der Waals surface area contributed by atoms with Gasteiger partial charge in [0.15, 0.2) is 5.82 Å². The number of nitrogens with zero attached hydrogens (tertiary/aromatic N) is 3. The predicted molar refractivity (Wildman–Crippen MR) is 153 cm³/mol. The molecule has 0 unspecified atom stereocenters. The lowest BCUT2D eigenvalue weighted by Crippen LogP contribution is -2.30. The third kappa shape index (κ3) is 5.11. The number of para-hydroxylation sites is 1. The van der Waals surface area contributed by atoms with E-state index in [9.17, 15) is 14.3 Å². The smallest absolute Gasteiger partial charge is 0.252 e. The third-order valence-electron chi connectivity index (χ3n) is 7.26. The first-order valence-corrected chi connectivity index (χ1v) is 13.2. The highest BCUT2D eigenvalue weighted by atomic mass is 19.1. The van der Waals surface area contributed by atoms with Crippen molar-refractivity contribution >= 4 is 22.5 Å². The van der Waals surface area contributed by atoms with E-state index >= 15 is 0 Å². The first-order chi connectivity index (χ1) is 19.3. The average molecular weight is 537 g/mol. The summed E-state index contributed by atoms with van der Waals surface area (Å²) in [7, 11) is 0. The molecule has 0 saturated carbocycles. The number of aromatic amines is 1. The van der Waals surface area contributed by atoms with Crippen molar-refractivity contribution in [1.82, 2.24) is 20.3 Å². The molecule has 1 amide bonds. The minimum absolute atomic E-state index is 0.122. The van der Waals surface area contributed by atoms with E-state index in [1.54, 1.807) is 24.5 Å². The minimum Gasteiger partial charge on any atom is -0.508 e. The van der Waals surface area contributed by atoms with E-state index in [2.05, 4.69) is 25.2 Å². The van der Waals surface area contributed by atoms with Crippen molar-refractivity contribution < 1.29 is 14.3 Å². The fourth-order valence-corrected chi connectivity index (χ4v) is 5.24. The molecule has 6 rings (SSSR count). The number of benzene rings is 3. The number of phenols is 1. The molecular weight excluding hydrogens is 507 g/mol. The maximum atomic E-state index is 14.3. The predicted octanol–water partition coefficient (Wildman–Crippen LogP) is 4.83. The lowest BCUT2D eigenvalue weighted by molar-refractivity contribution is 0.0942. The second-order valence-electron chi connectivity index (χ2n) is 10.3. The molecule has 1 aliphatic heterocycles. The molecule has 2 atom stereocenters. The Morgan fingerprint density at radius 3 is 2.67 bits per heavy atom. The van der Waals surface area contributed by atoms with Crippen LogP contribution in [0.1, 0.15) is 39.6 Å². The summed E-state index contributed by atoms with van der Waals surface area (Å²) in [6.45, 7) is 3.54. The summed E-state index contributed by atoms with van der Waals surface area (Å²) in [6, 6.07) is 18.0. The zero-order valence-electron chi connectivity index (χ0n) is 21.9. The number of anilines is 1. The van der Waals surface area contributed by atoms with Crippen LogP contribution in [-0.4, -0.2) is 45.1 Å². The molecule has 5 aromatic rings. The lowest BCUT2D eigenvalue weighted by atomic mass is 10.0. The minimum atomic E-state index is -0.832. The van der Waals surface area contributed by atoms with Gasteiger partial charge in [-0.05, 0) is 72.8 Å². The molecule has 0 aliphatic carbocycles. The molecule has 0 radical (unpaired) electrons. The number of carbonyl (C=O) groups excluding carboxylic acids is 1. The maximum Gasteiger partial charge on any atom is 0.252 e. The standard InChI is InChI=1S/C31H29FN6O2/c1-18-10-20(30-34-15-24(16-35-30)38-9-8-23(33)17-38)12-21(11-18)31(40)37-29(25-14-22(32)6-7-28(25)39)27-13-19-4-2-3-5-26(19)36-27/h2-7,10-16,23,29,36,39H,8-9,17,33H2,1H3,(H,37,40)/t23-,29-/m1/s1. The number of fused-ring (bicyclic) bond motifs is 1. The van der Waals surface area contributed by atoms with Crippen molar-refractivity contribution in [2.45, 2.75) is 25.4 Å². The number of nitrogens with one attached hydrogen (secondary N) is 2. The van der Waals surface area contributed by atoms with Crippen molar-refractivity contribution in [2.75, 3.05) is 18.0 Å². The highest BCUT2D eigenvalue weighted by Crippen LogP contribution is 2.32. The number of nitrogens with two attached hydrogens (primary N) is 1. The molecule has 1 fully saturated rings. The largest absolute Gasteiger partial charge is 0.508 e. The van der Waals surface area contributed by atoms with Crippen LogP contribution in [0.3, 0.4) is 0 Å². The molecule has 202 valence electrons. The van der Waals surface area contributed by atoms with Gasteiger partial charge in [-0.15, -0.1) is 0 Å². The van der Waals surface area contributed by atoms with Gasteiger partial charge in [0.05, 0.1) is 24.1 Å². The van der Waals surface area contributed by atoms with Crippen LogP contribution in [0.5, 0.6) is 5.75 Å². The second-order valence-corrected chi connectivity index (χ2v) is 10.3. The van der Waals surface area contributed by atoms with Gasteiger partial charge in [-0.3, -0.25) is 4.79 Å². The molecule has 0 spiro atoms. The summed E-state index contributed by atoms with van der Waals surface area (Å²) in [6.07, 6.45) is 4.49. The topological polar surface area (TPSA) is 120 Å². The molecule has 2 aromatic heterocycles. The molecule has 40 heavy (non-hydrogen) atoms. The van der Waals surface area contributed by atoms with Crippen LogP contribution in [0.4, 0.5) is 10.1 Å². The van der Waals surface area contributed by atoms with E-state index in [0.717, 1.165) is 41.7 Å². The number of rotatable bonds is 6. The Balaban J connectivity index is 1.32. The normalized spacial score (nSPS) is 15.9. The number of halogens is 1. The average Bonchev–Trinajstić information content (AvgIpc) is 3.59. The number of hydrogen-bond donors (Lipinski definition) is 4. The summed E-state index contributed by atoms with van der Waals surface area (Å²) in [5, 5.41) is 14.5. The highest BCUT2D eigenvalue weighted by Gasteiger charge is 2.24. The van der Waals surface area contributed by atoms with Crippen LogP contribution in [0.15, 0.2) is 79.1 Å². The molecule has 8 nitrogen and oxygen atoms in total. The lowest BCUT2D eigenvalue weighted by Gasteiger charge is -2.20. The number of H-pyrrole nitrogens is 1. The number of carbonyl (C=O) groups is 1. The third-order valence-corrected chi connectivity index (χ3v) is 7.26. The fraction of sp³-hybridized carbons (Fsp3) is 0.194. The van der Waals surface area contributed by atoms with Crippen molar-refractivity contribution in [3.8, 4) is 17.1 Å². The van der Waals surface area contributed by atoms with Gasteiger partial charge in [0.2, 0.25) is 0 Å². The quantitative estimate of drug-likeness (QED) is 0.247. The Labute approximate surface area is 230 Å². The van der Waals surface area contributed by atoms with Crippen LogP contribution in [-0.2, 0) is 0 Å². The highest BCUT2D eigenvalue weighted by molar-refractivity contribution is 5.96. The molecule has 5 N–H and O–H groups in total. The summed E-state index contributed by atoms with van der Waals surface area (Å²) in [5.41, 5.74) is 10.6. The van der Waals surface area contributed by atoms with Gasteiger partial charge in [0.25, 0.3) is 5.91 Å². The summed E-state index contributed by atoms with van der Waals surface area (Å²) < 4.78 is 14.3. The maximum absolute atomic E-state index is 14.3. The molecule has 3 heterocycles. The van der Waals surface area contributed by atoms with Gasteiger partial charge in [-0.1, -0.05) is 18.2 Å². The molecule has 1 saturated heterocycles. The SMILES string of the molecule is Cc1cc(C(=O)N[C@@H](c2cc3ccccc3[nH]2)c2cc(F)ccc2O)cc(-c2ncc(N3CC[C@@H](N)C3)cn2)c1. The second kappa shape index (κ2) is 10.4. The number of phenolic OH excluding ortho intramolecular Hbond substituents is 1. The molecule has 9 heteroatoms. The molecular formula is C31H29FN6O2. The van der Waals surface area contributed by atoms with Gasteiger partial charge in [-0.2, -0.15) is 0 Å². The fourth-order valence-electron chi connectivity index (χ4n) is 5.24. The van der Waals surface area contributed by atoms with E-state index in [0.29, 0.717) is 22.6 Å². The summed E-state index contributed by atoms with van der Waals surface area (Å²) in [5.74, 6) is -0.528. The Morgan fingerprint density at radius 1 is 1.12 bits per heavy atom. The Kier molecular flexibility index (Phi) is 6.65. The molecule has 0 bridgehead atoms. The van der Waals surface area contributed by atoms with E-state index in [-0.39, 0.29) is 23.3 Å². The van der Waals surface area contributed by atoms with Crippen LogP contribution in [0.2, 0.25) is 0 Å². The first kappa shape index (κ1) is 25.5. The van der Waals surface area contributed by atoms with Gasteiger partial charge >= 0.3 is 0 Å². The van der Waals surface area contributed by atoms with Crippen molar-refractivity contribution in [3.63, 3.8) is 0 Å². The van der Waals surface area contributed by atoms with Crippen molar-refractivity contribution in [3.05, 3.63) is 107 Å². The van der Waals surface area contributed by atoms with E-state index in [4.69, 9.17) is 5.73 Å². The van der Waals surface area contributed by atoms with Crippen LogP contribution in [0, 0.1) is 12.7 Å². The van der Waals surface area contributed by atoms with Gasteiger partial charge in [0, 0.05) is 47.0 Å². The number of aromatic nitrogens is 3. The van der Waals surface area contributed by atoms with Crippen LogP contribution >= 0.6 is 0 Å². The number of aromatic hydroxyl groups is 1. The van der Waals surface area contributed by atoms with Crippen LogP contribution in [0.25, 0.3) is 22.3 Å². The molecule has 1 aliphatic rings. The van der Waals surface area contributed by atoms with Gasteiger partial charge in [-0.25, -0.2) is 14.4 Å². The molecule has 3 aromatic carbocycles. The van der Waals surface area contributed by atoms with Crippen molar-refractivity contribution in [1.29, 1.82) is 0 Å².